The smallest absolute Gasteiger partial charge is 0.318 e. The summed E-state index contributed by atoms with van der Waals surface area (Å²) in [7, 11) is 1.75. The van der Waals surface area contributed by atoms with Crippen LogP contribution in [-0.2, 0) is 6.54 Å². The minimum Gasteiger partial charge on any atom is -0.467 e. The van der Waals surface area contributed by atoms with Gasteiger partial charge in [0.2, 0.25) is 0 Å². The molecular weight excluding hydrogens is 304 g/mol. The number of nitrogens with zero attached hydrogens (tertiary/aromatic N) is 3. The summed E-state index contributed by atoms with van der Waals surface area (Å²) in [5, 5.41) is 7.14. The van der Waals surface area contributed by atoms with Crippen LogP contribution >= 0.6 is 0 Å². The number of hydrogen-bond donors (Lipinski definition) is 1. The molecule has 124 valence electrons. The van der Waals surface area contributed by atoms with E-state index in [1.54, 1.807) is 29.1 Å². The van der Waals surface area contributed by atoms with E-state index in [0.29, 0.717) is 6.54 Å². The maximum atomic E-state index is 12.3. The molecule has 3 rings (SSSR count). The van der Waals surface area contributed by atoms with Crippen molar-refractivity contribution in [3.63, 3.8) is 0 Å². The quantitative estimate of drug-likeness (QED) is 0.782. The van der Waals surface area contributed by atoms with Gasteiger partial charge in [0.05, 0.1) is 18.0 Å². The Morgan fingerprint density at radius 1 is 1.33 bits per heavy atom. The highest BCUT2D eigenvalue weighted by atomic mass is 16.3. The van der Waals surface area contributed by atoms with Crippen LogP contribution in [0.2, 0.25) is 0 Å². The molecule has 24 heavy (non-hydrogen) atoms. The van der Waals surface area contributed by atoms with Crippen LogP contribution in [0.1, 0.15) is 24.3 Å². The third kappa shape index (κ3) is 3.48. The molecule has 6 heteroatoms. The molecule has 0 unspecified atom stereocenters. The molecule has 0 saturated carbocycles. The van der Waals surface area contributed by atoms with Crippen molar-refractivity contribution in [2.24, 2.45) is 0 Å². The van der Waals surface area contributed by atoms with Crippen molar-refractivity contribution in [2.45, 2.75) is 19.5 Å². The molecule has 0 saturated heterocycles. The lowest BCUT2D eigenvalue weighted by atomic mass is 10.2. The van der Waals surface area contributed by atoms with Gasteiger partial charge in [-0.25, -0.2) is 9.48 Å². The molecule has 0 fully saturated rings. The first kappa shape index (κ1) is 15.9. The van der Waals surface area contributed by atoms with Crippen LogP contribution in [0, 0.1) is 0 Å². The van der Waals surface area contributed by atoms with Gasteiger partial charge in [0.15, 0.2) is 0 Å². The fourth-order valence-corrected chi connectivity index (χ4v) is 2.43. The van der Waals surface area contributed by atoms with Crippen molar-refractivity contribution >= 4 is 6.03 Å². The number of urea groups is 1. The standard InChI is InChI=1S/C18H20N4O2/c1-14(17-8-4-11-24-17)21(2)18(23)19-13-15-6-3-7-16(12-15)22-10-5-9-20-22/h3-12,14H,13H2,1-2H3,(H,19,23)/t14-/m1/s1. The predicted molar refractivity (Wildman–Crippen MR) is 90.7 cm³/mol. The zero-order chi connectivity index (χ0) is 16.9. The molecule has 1 aromatic carbocycles. The number of hydrogen-bond acceptors (Lipinski definition) is 3. The Balaban J connectivity index is 1.61. The van der Waals surface area contributed by atoms with Gasteiger partial charge in [-0.1, -0.05) is 12.1 Å². The second-order valence-corrected chi connectivity index (χ2v) is 5.58. The Labute approximate surface area is 140 Å². The van der Waals surface area contributed by atoms with Crippen LogP contribution in [0.4, 0.5) is 4.79 Å². The molecule has 3 aromatic rings. The summed E-state index contributed by atoms with van der Waals surface area (Å²) in [4.78, 5) is 13.9. The molecule has 6 nitrogen and oxygen atoms in total. The third-order valence-corrected chi connectivity index (χ3v) is 3.98. The first-order valence-corrected chi connectivity index (χ1v) is 7.78. The van der Waals surface area contributed by atoms with Crippen molar-refractivity contribution in [1.82, 2.24) is 20.0 Å². The van der Waals surface area contributed by atoms with Gasteiger partial charge >= 0.3 is 6.03 Å². The summed E-state index contributed by atoms with van der Waals surface area (Å²) in [5.41, 5.74) is 1.97. The van der Waals surface area contributed by atoms with E-state index in [1.165, 1.54) is 0 Å². The van der Waals surface area contributed by atoms with Gasteiger partial charge in [0.1, 0.15) is 5.76 Å². The second kappa shape index (κ2) is 7.04. The molecule has 0 aliphatic heterocycles. The molecule has 1 N–H and O–H groups in total. The van der Waals surface area contributed by atoms with Crippen LogP contribution < -0.4 is 5.32 Å². The van der Waals surface area contributed by atoms with Gasteiger partial charge in [0, 0.05) is 26.0 Å². The Kier molecular flexibility index (Phi) is 4.65. The first-order chi connectivity index (χ1) is 11.6. The van der Waals surface area contributed by atoms with Gasteiger partial charge in [0.25, 0.3) is 0 Å². The first-order valence-electron chi connectivity index (χ1n) is 7.78. The number of rotatable bonds is 5. The Hall–Kier alpha value is -3.02. The summed E-state index contributed by atoms with van der Waals surface area (Å²) >= 11 is 0. The lowest BCUT2D eigenvalue weighted by Gasteiger charge is -2.23. The van der Waals surface area contributed by atoms with Crippen molar-refractivity contribution in [3.8, 4) is 5.69 Å². The van der Waals surface area contributed by atoms with Gasteiger partial charge < -0.3 is 14.6 Å². The SMILES string of the molecule is C[C@H](c1ccco1)N(C)C(=O)NCc1cccc(-n2cccn2)c1. The molecule has 2 heterocycles. The summed E-state index contributed by atoms with van der Waals surface area (Å²) in [6.45, 7) is 2.37. The number of carbonyl (C=O) groups is 1. The van der Waals surface area contributed by atoms with E-state index in [0.717, 1.165) is 17.0 Å². The van der Waals surface area contributed by atoms with E-state index in [2.05, 4.69) is 10.4 Å². The molecule has 2 aromatic heterocycles. The van der Waals surface area contributed by atoms with Crippen molar-refractivity contribution in [2.75, 3.05) is 7.05 Å². The second-order valence-electron chi connectivity index (χ2n) is 5.58. The average Bonchev–Trinajstić information content (AvgIpc) is 3.32. The molecule has 0 aliphatic carbocycles. The van der Waals surface area contributed by atoms with Crippen LogP contribution in [0.15, 0.2) is 65.5 Å². The summed E-state index contributed by atoms with van der Waals surface area (Å²) in [6, 6.07) is 13.2. The number of furan rings is 1. The molecule has 1 atom stereocenters. The molecule has 0 spiro atoms. The largest absolute Gasteiger partial charge is 0.467 e. The fourth-order valence-electron chi connectivity index (χ4n) is 2.43. The lowest BCUT2D eigenvalue weighted by molar-refractivity contribution is 0.187. The highest BCUT2D eigenvalue weighted by molar-refractivity contribution is 5.74. The number of amides is 2. The zero-order valence-corrected chi connectivity index (χ0v) is 13.7. The van der Waals surface area contributed by atoms with Crippen LogP contribution in [-0.4, -0.2) is 27.8 Å². The molecule has 0 aliphatic rings. The number of benzene rings is 1. The summed E-state index contributed by atoms with van der Waals surface area (Å²) in [5.74, 6) is 0.758. The topological polar surface area (TPSA) is 63.3 Å². The summed E-state index contributed by atoms with van der Waals surface area (Å²) < 4.78 is 7.14. The Bertz CT molecular complexity index is 781. The fraction of sp³-hybridized carbons (Fsp3) is 0.222. The Morgan fingerprint density at radius 3 is 2.92 bits per heavy atom. The van der Waals surface area contributed by atoms with E-state index in [9.17, 15) is 4.79 Å². The van der Waals surface area contributed by atoms with Gasteiger partial charge in [-0.2, -0.15) is 5.10 Å². The Morgan fingerprint density at radius 2 is 2.21 bits per heavy atom. The van der Waals surface area contributed by atoms with E-state index >= 15 is 0 Å². The summed E-state index contributed by atoms with van der Waals surface area (Å²) in [6.07, 6.45) is 5.23. The van der Waals surface area contributed by atoms with Crippen LogP contribution in [0.25, 0.3) is 5.69 Å². The maximum Gasteiger partial charge on any atom is 0.318 e. The number of aromatic nitrogens is 2. The van der Waals surface area contributed by atoms with Gasteiger partial charge in [-0.15, -0.1) is 0 Å². The average molecular weight is 324 g/mol. The normalized spacial score (nSPS) is 11.9. The van der Waals surface area contributed by atoms with Gasteiger partial charge in [-0.05, 0) is 42.8 Å². The predicted octanol–water partition coefficient (Wildman–Crippen LogP) is 3.37. The van der Waals surface area contributed by atoms with Crippen LogP contribution in [0.3, 0.4) is 0 Å². The number of carbonyl (C=O) groups excluding carboxylic acids is 1. The molecule has 0 radical (unpaired) electrons. The van der Waals surface area contributed by atoms with Gasteiger partial charge in [-0.3, -0.25) is 0 Å². The van der Waals surface area contributed by atoms with Crippen molar-refractivity contribution in [3.05, 3.63) is 72.4 Å². The van der Waals surface area contributed by atoms with E-state index in [-0.39, 0.29) is 12.1 Å². The molecular formula is C18H20N4O2. The van der Waals surface area contributed by atoms with E-state index in [1.807, 2.05) is 55.6 Å². The van der Waals surface area contributed by atoms with Crippen molar-refractivity contribution in [1.29, 1.82) is 0 Å². The van der Waals surface area contributed by atoms with E-state index in [4.69, 9.17) is 4.42 Å². The zero-order valence-electron chi connectivity index (χ0n) is 13.7. The number of nitrogens with one attached hydrogen (secondary N) is 1. The third-order valence-electron chi connectivity index (χ3n) is 3.98. The minimum atomic E-state index is -0.150. The minimum absolute atomic E-state index is 0.129. The van der Waals surface area contributed by atoms with Crippen LogP contribution in [0.5, 0.6) is 0 Å². The highest BCUT2D eigenvalue weighted by Crippen LogP contribution is 2.19. The molecule has 0 bridgehead atoms. The lowest BCUT2D eigenvalue weighted by Crippen LogP contribution is -2.38. The monoisotopic (exact) mass is 324 g/mol. The van der Waals surface area contributed by atoms with Crippen molar-refractivity contribution < 1.29 is 9.21 Å². The van der Waals surface area contributed by atoms with E-state index < -0.39 is 0 Å². The highest BCUT2D eigenvalue weighted by Gasteiger charge is 2.19. The maximum absolute atomic E-state index is 12.3. The molecule has 2 amide bonds.